The summed E-state index contributed by atoms with van der Waals surface area (Å²) < 4.78 is 9.82. The van der Waals surface area contributed by atoms with E-state index in [1.54, 1.807) is 0 Å². The number of unbranched alkanes of at least 4 members (excludes halogenated alkanes) is 2. The molecule has 0 bridgehead atoms. The third-order valence-electron chi connectivity index (χ3n) is 6.54. The van der Waals surface area contributed by atoms with Crippen molar-refractivity contribution < 1.29 is 4.74 Å². The molecule has 2 aliphatic heterocycles. The zero-order valence-corrected chi connectivity index (χ0v) is 17.8. The number of hydrogen-bond donors (Lipinski definition) is 2. The van der Waals surface area contributed by atoms with Crippen LogP contribution in [-0.2, 0) is 18.2 Å². The van der Waals surface area contributed by atoms with E-state index >= 15 is 0 Å². The number of nitrogens with zero attached hydrogens (tertiary/aromatic N) is 2. The molecule has 0 radical (unpaired) electrons. The number of aryl methyl sites for hydroxylation is 2. The predicted molar refractivity (Wildman–Crippen MR) is 118 cm³/mol. The molecule has 2 fully saturated rings. The molecule has 6 heteroatoms. The quantitative estimate of drug-likeness (QED) is 0.669. The molecule has 6 nitrogen and oxygen atoms in total. The Morgan fingerprint density at radius 3 is 2.69 bits per heavy atom. The maximum atomic E-state index is 12.8. The standard InChI is InChI=1S/C23H36N4O2/c1-26-22-16-18(6-3-2-4-15-29-20-10-13-24-14-11-20)8-9-21(22)27(23(26)28)19-7-5-12-25-17-19/h8-9,16,19-20,24-25H,2-7,10-15,17H2,1H3. The van der Waals surface area contributed by atoms with Gasteiger partial charge in [0, 0.05) is 20.2 Å². The summed E-state index contributed by atoms with van der Waals surface area (Å²) in [6.07, 6.45) is 9.52. The highest BCUT2D eigenvalue weighted by atomic mass is 16.5. The molecule has 0 saturated carbocycles. The van der Waals surface area contributed by atoms with Gasteiger partial charge in [0.25, 0.3) is 0 Å². The number of piperidine rings is 2. The van der Waals surface area contributed by atoms with Crippen LogP contribution in [0.25, 0.3) is 11.0 Å². The van der Waals surface area contributed by atoms with Crippen LogP contribution < -0.4 is 16.3 Å². The average molecular weight is 401 g/mol. The number of hydrogen-bond acceptors (Lipinski definition) is 4. The summed E-state index contributed by atoms with van der Waals surface area (Å²) in [6, 6.07) is 6.85. The normalized spacial score (nSPS) is 21.1. The van der Waals surface area contributed by atoms with Crippen LogP contribution in [0.4, 0.5) is 0 Å². The molecular weight excluding hydrogens is 364 g/mol. The molecule has 1 aromatic carbocycles. The summed E-state index contributed by atoms with van der Waals surface area (Å²) in [4.78, 5) is 12.8. The van der Waals surface area contributed by atoms with Gasteiger partial charge in [0.2, 0.25) is 0 Å². The van der Waals surface area contributed by atoms with Crippen LogP contribution in [0, 0.1) is 0 Å². The van der Waals surface area contributed by atoms with Crippen molar-refractivity contribution in [2.24, 2.45) is 7.05 Å². The number of nitrogens with one attached hydrogen (secondary N) is 2. The topological polar surface area (TPSA) is 60.2 Å². The van der Waals surface area contributed by atoms with Gasteiger partial charge in [-0.15, -0.1) is 0 Å². The number of benzene rings is 1. The van der Waals surface area contributed by atoms with Crippen molar-refractivity contribution in [1.82, 2.24) is 19.8 Å². The Bertz CT molecular complexity index is 844. The van der Waals surface area contributed by atoms with Gasteiger partial charge in [0.15, 0.2) is 0 Å². The summed E-state index contributed by atoms with van der Waals surface area (Å²) in [6.45, 7) is 5.02. The van der Waals surface area contributed by atoms with Crippen LogP contribution in [0.2, 0.25) is 0 Å². The highest BCUT2D eigenvalue weighted by Crippen LogP contribution is 2.23. The van der Waals surface area contributed by atoms with Gasteiger partial charge < -0.3 is 15.4 Å². The van der Waals surface area contributed by atoms with E-state index in [4.69, 9.17) is 4.74 Å². The van der Waals surface area contributed by atoms with Crippen molar-refractivity contribution in [3.8, 4) is 0 Å². The molecule has 1 unspecified atom stereocenters. The highest BCUT2D eigenvalue weighted by Gasteiger charge is 2.21. The minimum atomic E-state index is 0.112. The van der Waals surface area contributed by atoms with Crippen molar-refractivity contribution >= 4 is 11.0 Å². The van der Waals surface area contributed by atoms with E-state index in [1.807, 2.05) is 16.2 Å². The van der Waals surface area contributed by atoms with Crippen LogP contribution in [-0.4, -0.2) is 48.0 Å². The van der Waals surface area contributed by atoms with E-state index < -0.39 is 0 Å². The molecule has 2 aliphatic rings. The Labute approximate surface area is 173 Å². The number of fused-ring (bicyclic) bond motifs is 1. The predicted octanol–water partition coefficient (Wildman–Crippen LogP) is 2.75. The van der Waals surface area contributed by atoms with E-state index in [1.165, 1.54) is 18.4 Å². The van der Waals surface area contributed by atoms with Crippen LogP contribution in [0.5, 0.6) is 0 Å². The number of rotatable bonds is 8. The molecule has 160 valence electrons. The average Bonchev–Trinajstić information content (AvgIpc) is 3.02. The monoisotopic (exact) mass is 400 g/mol. The van der Waals surface area contributed by atoms with Gasteiger partial charge in [-0.25, -0.2) is 4.79 Å². The first-order chi connectivity index (χ1) is 14.2. The van der Waals surface area contributed by atoms with Crippen LogP contribution in [0.15, 0.2) is 23.0 Å². The second-order valence-electron chi connectivity index (χ2n) is 8.67. The molecular formula is C23H36N4O2. The van der Waals surface area contributed by atoms with Gasteiger partial charge in [-0.1, -0.05) is 12.5 Å². The smallest absolute Gasteiger partial charge is 0.329 e. The van der Waals surface area contributed by atoms with Crippen molar-refractivity contribution in [2.45, 2.75) is 63.5 Å². The van der Waals surface area contributed by atoms with Gasteiger partial charge in [0.1, 0.15) is 0 Å². The summed E-state index contributed by atoms with van der Waals surface area (Å²) in [5.74, 6) is 0. The molecule has 0 amide bonds. The molecule has 2 aromatic rings. The third kappa shape index (κ3) is 4.93. The fourth-order valence-corrected chi connectivity index (χ4v) is 4.79. The van der Waals surface area contributed by atoms with E-state index in [2.05, 4.69) is 28.8 Å². The molecule has 4 rings (SSSR count). The van der Waals surface area contributed by atoms with E-state index in [-0.39, 0.29) is 11.7 Å². The first kappa shape index (κ1) is 20.6. The van der Waals surface area contributed by atoms with E-state index in [0.717, 1.165) is 82.3 Å². The van der Waals surface area contributed by atoms with Crippen LogP contribution in [0.1, 0.15) is 56.6 Å². The van der Waals surface area contributed by atoms with Gasteiger partial charge in [0.05, 0.1) is 23.2 Å². The molecule has 29 heavy (non-hydrogen) atoms. The lowest BCUT2D eigenvalue weighted by atomic mass is 10.1. The second kappa shape index (κ2) is 9.92. The SMILES string of the molecule is Cn1c(=O)n(C2CCCNC2)c2ccc(CCCCCOC3CCNCC3)cc21. The van der Waals surface area contributed by atoms with Gasteiger partial charge in [-0.05, 0) is 82.3 Å². The second-order valence-corrected chi connectivity index (χ2v) is 8.67. The minimum Gasteiger partial charge on any atom is -0.378 e. The van der Waals surface area contributed by atoms with Crippen LogP contribution >= 0.6 is 0 Å². The van der Waals surface area contributed by atoms with Crippen molar-refractivity contribution in [3.05, 3.63) is 34.2 Å². The lowest BCUT2D eigenvalue weighted by Gasteiger charge is -2.24. The Morgan fingerprint density at radius 2 is 1.90 bits per heavy atom. The molecule has 0 spiro atoms. The maximum Gasteiger partial charge on any atom is 0.329 e. The zero-order valence-electron chi connectivity index (χ0n) is 17.8. The number of ether oxygens (including phenoxy) is 1. The molecule has 2 saturated heterocycles. The first-order valence-electron chi connectivity index (χ1n) is 11.5. The maximum absolute atomic E-state index is 12.8. The van der Waals surface area contributed by atoms with Crippen LogP contribution in [0.3, 0.4) is 0 Å². The summed E-state index contributed by atoms with van der Waals surface area (Å²) in [5.41, 5.74) is 3.57. The number of aromatic nitrogens is 2. The minimum absolute atomic E-state index is 0.112. The van der Waals surface area contributed by atoms with Crippen molar-refractivity contribution in [3.63, 3.8) is 0 Å². The Morgan fingerprint density at radius 1 is 1.03 bits per heavy atom. The van der Waals surface area contributed by atoms with Gasteiger partial charge >= 0.3 is 5.69 Å². The largest absolute Gasteiger partial charge is 0.378 e. The first-order valence-corrected chi connectivity index (χ1v) is 11.5. The molecule has 3 heterocycles. The summed E-state index contributed by atoms with van der Waals surface area (Å²) in [5, 5.41) is 6.81. The lowest BCUT2D eigenvalue weighted by Crippen LogP contribution is -2.36. The fourth-order valence-electron chi connectivity index (χ4n) is 4.79. The van der Waals surface area contributed by atoms with Crippen molar-refractivity contribution in [1.29, 1.82) is 0 Å². The Hall–Kier alpha value is -1.63. The highest BCUT2D eigenvalue weighted by molar-refractivity contribution is 5.77. The molecule has 2 N–H and O–H groups in total. The Kier molecular flexibility index (Phi) is 7.06. The van der Waals surface area contributed by atoms with E-state index in [0.29, 0.717) is 6.10 Å². The summed E-state index contributed by atoms with van der Waals surface area (Å²) in [7, 11) is 1.90. The van der Waals surface area contributed by atoms with Gasteiger partial charge in [-0.2, -0.15) is 0 Å². The van der Waals surface area contributed by atoms with Crippen molar-refractivity contribution in [2.75, 3.05) is 32.8 Å². The van der Waals surface area contributed by atoms with E-state index in [9.17, 15) is 4.79 Å². The zero-order chi connectivity index (χ0) is 20.1. The lowest BCUT2D eigenvalue weighted by molar-refractivity contribution is 0.0308. The fraction of sp³-hybridized carbons (Fsp3) is 0.696. The molecule has 0 aliphatic carbocycles. The molecule has 1 atom stereocenters. The Balaban J connectivity index is 1.30. The number of imidazole rings is 1. The third-order valence-corrected chi connectivity index (χ3v) is 6.54. The molecule has 1 aromatic heterocycles. The van der Waals surface area contributed by atoms with Gasteiger partial charge in [-0.3, -0.25) is 9.13 Å². The summed E-state index contributed by atoms with van der Waals surface area (Å²) >= 11 is 0.